The Hall–Kier alpha value is -2.41. The van der Waals surface area contributed by atoms with Crippen LogP contribution in [0.2, 0.25) is 5.02 Å². The molecule has 2 aromatic carbocycles. The number of nitrogens with one attached hydrogen (secondary N) is 1. The van der Waals surface area contributed by atoms with Crippen LogP contribution in [0.15, 0.2) is 36.4 Å². The van der Waals surface area contributed by atoms with E-state index in [9.17, 15) is 18.0 Å². The summed E-state index contributed by atoms with van der Waals surface area (Å²) < 4.78 is 42.5. The number of carbonyl (C=O) groups is 1. The van der Waals surface area contributed by atoms with E-state index in [0.717, 1.165) is 6.07 Å². The maximum atomic E-state index is 13.1. The number of rotatable bonds is 5. The van der Waals surface area contributed by atoms with E-state index in [-0.39, 0.29) is 27.7 Å². The van der Waals surface area contributed by atoms with Crippen molar-refractivity contribution in [3.8, 4) is 5.75 Å². The van der Waals surface area contributed by atoms with Crippen LogP contribution < -0.4 is 15.8 Å². The Morgan fingerprint density at radius 1 is 1.24 bits per heavy atom. The van der Waals surface area contributed by atoms with Crippen molar-refractivity contribution in [2.75, 3.05) is 17.7 Å². The average Bonchev–Trinajstić information content (AvgIpc) is 2.58. The largest absolute Gasteiger partial charge is 0.487 e. The van der Waals surface area contributed by atoms with Crippen molar-refractivity contribution in [2.45, 2.75) is 20.3 Å². The molecule has 8 heteroatoms. The van der Waals surface area contributed by atoms with Gasteiger partial charge in [0.1, 0.15) is 18.2 Å². The Balaban J connectivity index is 0.00000151. The molecule has 25 heavy (non-hydrogen) atoms. The lowest BCUT2D eigenvalue weighted by Gasteiger charge is -2.12. The van der Waals surface area contributed by atoms with Gasteiger partial charge in [-0.05, 0) is 36.4 Å². The van der Waals surface area contributed by atoms with E-state index < -0.39 is 24.8 Å². The number of carbonyl (C=O) groups excluding carboxylic acids is 1. The topological polar surface area (TPSA) is 64.3 Å². The molecular weight excluding hydrogens is 357 g/mol. The monoisotopic (exact) mass is 374 g/mol. The first-order chi connectivity index (χ1) is 11.9. The highest BCUT2D eigenvalue weighted by Gasteiger charge is 2.15. The second-order valence-corrected chi connectivity index (χ2v) is 4.95. The standard InChI is InChI=1S/C15H12ClF3N2O2.C2H6/c16-11-6-9(2-3-12(11)17)21-15(22)10-5-8(20)1-4-13(10)23-7-14(18)19;1-2/h1-6,14H,7,20H2,(H,21,22);1-2H3. The van der Waals surface area contributed by atoms with E-state index in [1.807, 2.05) is 13.8 Å². The molecular formula is C17H18ClF3N2O2. The third kappa shape index (κ3) is 6.19. The van der Waals surface area contributed by atoms with Crippen LogP contribution in [-0.4, -0.2) is 18.9 Å². The number of nitrogens with two attached hydrogens (primary N) is 1. The second-order valence-electron chi connectivity index (χ2n) is 4.54. The van der Waals surface area contributed by atoms with Gasteiger partial charge >= 0.3 is 0 Å². The second kappa shape index (κ2) is 9.78. The Morgan fingerprint density at radius 2 is 1.92 bits per heavy atom. The number of hydrogen-bond acceptors (Lipinski definition) is 3. The van der Waals surface area contributed by atoms with Gasteiger partial charge in [-0.2, -0.15) is 0 Å². The first kappa shape index (κ1) is 20.6. The van der Waals surface area contributed by atoms with Gasteiger partial charge in [0.2, 0.25) is 0 Å². The maximum absolute atomic E-state index is 13.1. The third-order valence-electron chi connectivity index (χ3n) is 2.79. The normalized spacial score (nSPS) is 10.0. The highest BCUT2D eigenvalue weighted by atomic mass is 35.5. The molecule has 0 aromatic heterocycles. The number of nitrogen functional groups attached to an aromatic ring is 1. The van der Waals surface area contributed by atoms with Crippen LogP contribution in [-0.2, 0) is 0 Å². The number of alkyl halides is 2. The third-order valence-corrected chi connectivity index (χ3v) is 3.08. The first-order valence-electron chi connectivity index (χ1n) is 7.43. The van der Waals surface area contributed by atoms with Gasteiger partial charge in [-0.1, -0.05) is 25.4 Å². The van der Waals surface area contributed by atoms with Gasteiger partial charge in [-0.15, -0.1) is 0 Å². The molecule has 136 valence electrons. The Labute approximate surface area is 148 Å². The van der Waals surface area contributed by atoms with Crippen molar-refractivity contribution in [2.24, 2.45) is 0 Å². The van der Waals surface area contributed by atoms with Crippen molar-refractivity contribution in [1.29, 1.82) is 0 Å². The summed E-state index contributed by atoms with van der Waals surface area (Å²) in [6.07, 6.45) is -2.68. The minimum Gasteiger partial charge on any atom is -0.487 e. The molecule has 3 N–H and O–H groups in total. The molecule has 0 unspecified atom stereocenters. The van der Waals surface area contributed by atoms with Crippen LogP contribution in [0, 0.1) is 5.82 Å². The van der Waals surface area contributed by atoms with Gasteiger partial charge in [-0.3, -0.25) is 4.79 Å². The summed E-state index contributed by atoms with van der Waals surface area (Å²) in [6, 6.07) is 7.66. The minimum absolute atomic E-state index is 0.0221. The van der Waals surface area contributed by atoms with Crippen LogP contribution in [0.3, 0.4) is 0 Å². The highest BCUT2D eigenvalue weighted by Crippen LogP contribution is 2.25. The number of benzene rings is 2. The van der Waals surface area contributed by atoms with Crippen molar-refractivity contribution >= 4 is 28.9 Å². The zero-order valence-corrected chi connectivity index (χ0v) is 14.4. The Kier molecular flexibility index (Phi) is 8.07. The fraction of sp³-hybridized carbons (Fsp3) is 0.235. The molecule has 0 heterocycles. The predicted octanol–water partition coefficient (Wildman–Crippen LogP) is 4.98. The van der Waals surface area contributed by atoms with Crippen molar-refractivity contribution in [1.82, 2.24) is 0 Å². The van der Waals surface area contributed by atoms with Crippen LogP contribution in [0.5, 0.6) is 5.75 Å². The number of ether oxygens (including phenoxy) is 1. The van der Waals surface area contributed by atoms with Crippen LogP contribution in [0.4, 0.5) is 24.5 Å². The minimum atomic E-state index is -2.68. The van der Waals surface area contributed by atoms with E-state index in [1.54, 1.807) is 0 Å². The fourth-order valence-corrected chi connectivity index (χ4v) is 1.96. The summed E-state index contributed by atoms with van der Waals surface area (Å²) in [5.41, 5.74) is 6.08. The molecule has 0 bridgehead atoms. The SMILES string of the molecule is CC.Nc1ccc(OCC(F)F)c(C(=O)Nc2ccc(F)c(Cl)c2)c1. The molecule has 0 fully saturated rings. The van der Waals surface area contributed by atoms with Crippen molar-refractivity contribution in [3.05, 3.63) is 52.8 Å². The van der Waals surface area contributed by atoms with Gasteiger partial charge in [0.05, 0.1) is 10.6 Å². The molecule has 4 nitrogen and oxygen atoms in total. The van der Waals surface area contributed by atoms with E-state index in [4.69, 9.17) is 22.1 Å². The molecule has 2 rings (SSSR count). The smallest absolute Gasteiger partial charge is 0.272 e. The molecule has 0 saturated carbocycles. The van der Waals surface area contributed by atoms with E-state index in [2.05, 4.69) is 5.32 Å². The lowest BCUT2D eigenvalue weighted by Crippen LogP contribution is -2.16. The number of halogens is 4. The van der Waals surface area contributed by atoms with Gasteiger partial charge in [0.15, 0.2) is 0 Å². The predicted molar refractivity (Wildman–Crippen MR) is 93.1 cm³/mol. The van der Waals surface area contributed by atoms with Crippen molar-refractivity contribution < 1.29 is 22.7 Å². The van der Waals surface area contributed by atoms with E-state index >= 15 is 0 Å². The summed E-state index contributed by atoms with van der Waals surface area (Å²) in [5.74, 6) is -1.32. The molecule has 0 spiro atoms. The molecule has 0 radical (unpaired) electrons. The Bertz CT molecular complexity index is 727. The average molecular weight is 375 g/mol. The van der Waals surface area contributed by atoms with Gasteiger partial charge in [0.25, 0.3) is 12.3 Å². The fourth-order valence-electron chi connectivity index (χ4n) is 1.78. The summed E-state index contributed by atoms with van der Waals surface area (Å²) in [5, 5.41) is 2.31. The molecule has 2 aromatic rings. The number of hydrogen-bond donors (Lipinski definition) is 2. The maximum Gasteiger partial charge on any atom is 0.272 e. The van der Waals surface area contributed by atoms with Crippen LogP contribution in [0.1, 0.15) is 24.2 Å². The quantitative estimate of drug-likeness (QED) is 0.725. The summed E-state index contributed by atoms with van der Waals surface area (Å²) in [4.78, 5) is 12.3. The zero-order chi connectivity index (χ0) is 19.0. The first-order valence-corrected chi connectivity index (χ1v) is 7.81. The zero-order valence-electron chi connectivity index (χ0n) is 13.7. The number of anilines is 2. The molecule has 0 aliphatic carbocycles. The molecule has 0 atom stereocenters. The molecule has 0 aliphatic heterocycles. The van der Waals surface area contributed by atoms with E-state index in [1.165, 1.54) is 30.3 Å². The highest BCUT2D eigenvalue weighted by molar-refractivity contribution is 6.31. The molecule has 1 amide bonds. The lowest BCUT2D eigenvalue weighted by atomic mass is 10.1. The summed E-state index contributed by atoms with van der Waals surface area (Å²) in [6.45, 7) is 3.15. The van der Waals surface area contributed by atoms with E-state index in [0.29, 0.717) is 0 Å². The lowest BCUT2D eigenvalue weighted by molar-refractivity contribution is 0.0803. The molecule has 0 aliphatic rings. The van der Waals surface area contributed by atoms with Gasteiger partial charge < -0.3 is 15.8 Å². The molecule has 0 saturated heterocycles. The summed E-state index contributed by atoms with van der Waals surface area (Å²) in [7, 11) is 0. The van der Waals surface area contributed by atoms with Crippen LogP contribution >= 0.6 is 11.6 Å². The van der Waals surface area contributed by atoms with Gasteiger partial charge in [0, 0.05) is 11.4 Å². The summed E-state index contributed by atoms with van der Waals surface area (Å²) >= 11 is 5.63. The van der Waals surface area contributed by atoms with Crippen LogP contribution in [0.25, 0.3) is 0 Å². The Morgan fingerprint density at radius 3 is 2.52 bits per heavy atom. The van der Waals surface area contributed by atoms with Crippen molar-refractivity contribution in [3.63, 3.8) is 0 Å². The number of amides is 1. The van der Waals surface area contributed by atoms with Gasteiger partial charge in [-0.25, -0.2) is 13.2 Å².